The van der Waals surface area contributed by atoms with Crippen LogP contribution < -0.4 is 0 Å². The lowest BCUT2D eigenvalue weighted by Crippen LogP contribution is -1.90. The van der Waals surface area contributed by atoms with Crippen LogP contribution in [0.15, 0.2) is 12.1 Å². The molecule has 1 atom stereocenters. The molecule has 0 aliphatic carbocycles. The largest absolute Gasteiger partial charge is 0.297 e. The normalized spacial score (nSPS) is 12.9. The minimum atomic E-state index is -0.362. The third-order valence-corrected chi connectivity index (χ3v) is 2.72. The van der Waals surface area contributed by atoms with Gasteiger partial charge in [-0.1, -0.05) is 6.92 Å². The molecule has 1 aromatic heterocycles. The Kier molecular flexibility index (Phi) is 2.76. The first-order valence-corrected chi connectivity index (χ1v) is 4.20. The lowest BCUT2D eigenvalue weighted by atomic mass is 10.2. The zero-order valence-corrected chi connectivity index (χ0v) is 7.03. The Labute approximate surface area is 68.9 Å². The number of carbonyl (C=O) groups excluding carboxylic acids is 1. The summed E-state index contributed by atoms with van der Waals surface area (Å²) in [5.41, 5.74) is 0. The van der Waals surface area contributed by atoms with Crippen molar-refractivity contribution in [1.82, 2.24) is 0 Å². The maximum atomic E-state index is 12.1. The first-order chi connectivity index (χ1) is 5.27. The Morgan fingerprint density at radius 3 is 2.91 bits per heavy atom. The number of aldehydes is 1. The van der Waals surface area contributed by atoms with Gasteiger partial charge in [0.1, 0.15) is 0 Å². The van der Waals surface area contributed by atoms with E-state index in [9.17, 15) is 9.18 Å². The van der Waals surface area contributed by atoms with E-state index in [1.807, 2.05) is 0 Å². The molecule has 0 saturated heterocycles. The Morgan fingerprint density at radius 1 is 1.73 bits per heavy atom. The van der Waals surface area contributed by atoms with Gasteiger partial charge in [-0.25, -0.2) is 0 Å². The molecule has 0 bridgehead atoms. The van der Waals surface area contributed by atoms with E-state index in [0.29, 0.717) is 4.88 Å². The van der Waals surface area contributed by atoms with Crippen LogP contribution in [-0.4, -0.2) is 13.0 Å². The quantitative estimate of drug-likeness (QED) is 0.640. The molecule has 60 valence electrons. The van der Waals surface area contributed by atoms with Crippen molar-refractivity contribution >= 4 is 17.6 Å². The van der Waals surface area contributed by atoms with Crippen molar-refractivity contribution in [3.8, 4) is 0 Å². The van der Waals surface area contributed by atoms with Crippen LogP contribution in [0.1, 0.15) is 27.4 Å². The fourth-order valence-corrected chi connectivity index (χ4v) is 1.63. The lowest BCUT2D eigenvalue weighted by Gasteiger charge is -1.99. The van der Waals surface area contributed by atoms with Crippen molar-refractivity contribution in [2.24, 2.45) is 0 Å². The van der Waals surface area contributed by atoms with Gasteiger partial charge < -0.3 is 0 Å². The molecule has 0 fully saturated rings. The maximum Gasteiger partial charge on any atom is 0.160 e. The highest BCUT2D eigenvalue weighted by Crippen LogP contribution is 2.23. The van der Waals surface area contributed by atoms with E-state index in [0.717, 1.165) is 11.2 Å². The van der Waals surface area contributed by atoms with E-state index in [-0.39, 0.29) is 12.6 Å². The molecule has 0 N–H and O–H groups in total. The van der Waals surface area contributed by atoms with E-state index in [2.05, 4.69) is 0 Å². The predicted molar refractivity (Wildman–Crippen MR) is 44.1 cm³/mol. The van der Waals surface area contributed by atoms with Crippen LogP contribution in [0.4, 0.5) is 4.39 Å². The van der Waals surface area contributed by atoms with Crippen LogP contribution in [0.25, 0.3) is 0 Å². The highest BCUT2D eigenvalue weighted by molar-refractivity contribution is 7.13. The van der Waals surface area contributed by atoms with Crippen molar-refractivity contribution in [1.29, 1.82) is 0 Å². The number of halogens is 1. The number of carbonyl (C=O) groups is 1. The summed E-state index contributed by atoms with van der Waals surface area (Å²) in [7, 11) is 0. The Morgan fingerprint density at radius 2 is 2.45 bits per heavy atom. The number of rotatable bonds is 3. The Hall–Kier alpha value is -0.700. The summed E-state index contributed by atoms with van der Waals surface area (Å²) in [6.07, 6.45) is 0.791. The fraction of sp³-hybridized carbons (Fsp3) is 0.375. The predicted octanol–water partition coefficient (Wildman–Crippen LogP) is 2.63. The van der Waals surface area contributed by atoms with E-state index < -0.39 is 0 Å². The second kappa shape index (κ2) is 3.62. The SMILES string of the molecule is C[C@H](CF)c1ccc(C=O)s1. The first kappa shape index (κ1) is 8.40. The van der Waals surface area contributed by atoms with Gasteiger partial charge in [-0.2, -0.15) is 0 Å². The van der Waals surface area contributed by atoms with Crippen molar-refractivity contribution in [3.63, 3.8) is 0 Å². The van der Waals surface area contributed by atoms with Gasteiger partial charge in [0, 0.05) is 10.8 Å². The van der Waals surface area contributed by atoms with E-state index in [1.54, 1.807) is 19.1 Å². The van der Waals surface area contributed by atoms with Gasteiger partial charge in [0.05, 0.1) is 11.6 Å². The summed E-state index contributed by atoms with van der Waals surface area (Å²) in [6.45, 7) is 1.44. The number of alkyl halides is 1. The van der Waals surface area contributed by atoms with Crippen LogP contribution >= 0.6 is 11.3 Å². The van der Waals surface area contributed by atoms with Crippen LogP contribution in [0.2, 0.25) is 0 Å². The van der Waals surface area contributed by atoms with E-state index in [4.69, 9.17) is 0 Å². The summed E-state index contributed by atoms with van der Waals surface area (Å²) in [5, 5.41) is 0. The summed E-state index contributed by atoms with van der Waals surface area (Å²) in [5.74, 6) is -0.0753. The van der Waals surface area contributed by atoms with Gasteiger partial charge in [-0.05, 0) is 12.1 Å². The highest BCUT2D eigenvalue weighted by atomic mass is 32.1. The van der Waals surface area contributed by atoms with Crippen LogP contribution in [0, 0.1) is 0 Å². The first-order valence-electron chi connectivity index (χ1n) is 3.38. The summed E-state index contributed by atoms with van der Waals surface area (Å²) in [4.78, 5) is 11.9. The molecule has 11 heavy (non-hydrogen) atoms. The second-order valence-corrected chi connectivity index (χ2v) is 3.56. The van der Waals surface area contributed by atoms with Crippen molar-refractivity contribution in [3.05, 3.63) is 21.9 Å². The molecule has 0 spiro atoms. The minimum absolute atomic E-state index is 0.0753. The van der Waals surface area contributed by atoms with Gasteiger partial charge in [0.25, 0.3) is 0 Å². The second-order valence-electron chi connectivity index (χ2n) is 2.41. The van der Waals surface area contributed by atoms with Gasteiger partial charge in [0.15, 0.2) is 6.29 Å². The fourth-order valence-electron chi connectivity index (χ4n) is 0.773. The number of thiophene rings is 1. The molecule has 1 heterocycles. The monoisotopic (exact) mass is 172 g/mol. The van der Waals surface area contributed by atoms with Crippen molar-refractivity contribution in [2.75, 3.05) is 6.67 Å². The highest BCUT2D eigenvalue weighted by Gasteiger charge is 2.07. The zero-order valence-electron chi connectivity index (χ0n) is 6.21. The Bertz CT molecular complexity index is 244. The molecule has 0 aliphatic rings. The molecular weight excluding hydrogens is 163 g/mol. The number of hydrogen-bond donors (Lipinski definition) is 0. The average Bonchev–Trinajstić information content (AvgIpc) is 2.50. The third kappa shape index (κ3) is 1.87. The van der Waals surface area contributed by atoms with E-state index in [1.165, 1.54) is 11.3 Å². The topological polar surface area (TPSA) is 17.1 Å². The molecule has 1 aromatic rings. The van der Waals surface area contributed by atoms with Crippen molar-refractivity contribution in [2.45, 2.75) is 12.8 Å². The van der Waals surface area contributed by atoms with E-state index >= 15 is 0 Å². The molecule has 0 amide bonds. The molecule has 3 heteroatoms. The maximum absolute atomic E-state index is 12.1. The lowest BCUT2D eigenvalue weighted by molar-refractivity contribution is 0.112. The molecular formula is C8H9FOS. The molecule has 0 aliphatic heterocycles. The Balaban J connectivity index is 2.79. The number of hydrogen-bond acceptors (Lipinski definition) is 2. The zero-order chi connectivity index (χ0) is 8.27. The average molecular weight is 172 g/mol. The molecule has 1 nitrogen and oxygen atoms in total. The smallest absolute Gasteiger partial charge is 0.160 e. The van der Waals surface area contributed by atoms with Gasteiger partial charge in [-0.15, -0.1) is 11.3 Å². The van der Waals surface area contributed by atoms with Crippen LogP contribution in [-0.2, 0) is 0 Å². The summed E-state index contributed by atoms with van der Waals surface area (Å²) < 4.78 is 12.1. The van der Waals surface area contributed by atoms with Crippen LogP contribution in [0.5, 0.6) is 0 Å². The van der Waals surface area contributed by atoms with Crippen LogP contribution in [0.3, 0.4) is 0 Å². The summed E-state index contributed by atoms with van der Waals surface area (Å²) in [6, 6.07) is 3.53. The van der Waals surface area contributed by atoms with Gasteiger partial charge in [0.2, 0.25) is 0 Å². The molecule has 0 unspecified atom stereocenters. The molecule has 0 radical (unpaired) electrons. The molecule has 0 saturated carbocycles. The molecule has 1 rings (SSSR count). The summed E-state index contributed by atoms with van der Waals surface area (Å²) >= 11 is 1.36. The third-order valence-electron chi connectivity index (χ3n) is 1.48. The van der Waals surface area contributed by atoms with Crippen molar-refractivity contribution < 1.29 is 9.18 Å². The molecule has 0 aromatic carbocycles. The standard InChI is InChI=1S/C8H9FOS/c1-6(4-9)8-3-2-7(5-10)11-8/h2-3,5-6H,4H2,1H3/t6-/m1/s1. The minimum Gasteiger partial charge on any atom is -0.297 e. The van der Waals surface area contributed by atoms with Gasteiger partial charge >= 0.3 is 0 Å². The van der Waals surface area contributed by atoms with Gasteiger partial charge in [-0.3, -0.25) is 9.18 Å².